The number of hydrogen-bond donors (Lipinski definition) is 1. The second-order valence-electron chi connectivity index (χ2n) is 5.91. The maximum Gasteiger partial charge on any atom is 0.115 e. The van der Waals surface area contributed by atoms with Crippen molar-refractivity contribution in [3.8, 4) is 5.75 Å². The van der Waals surface area contributed by atoms with E-state index in [1.807, 2.05) is 12.1 Å². The van der Waals surface area contributed by atoms with E-state index in [1.165, 1.54) is 49.7 Å². The van der Waals surface area contributed by atoms with Crippen molar-refractivity contribution in [3.63, 3.8) is 0 Å². The van der Waals surface area contributed by atoms with E-state index in [2.05, 4.69) is 42.5 Å². The lowest BCUT2D eigenvalue weighted by molar-refractivity contribution is 0.442. The number of benzene rings is 2. The van der Waals surface area contributed by atoms with Crippen molar-refractivity contribution in [1.29, 1.82) is 0 Å². The molecule has 0 heterocycles. The molecular weight excluding hydrogens is 244 g/mol. The Morgan fingerprint density at radius 3 is 1.80 bits per heavy atom. The summed E-state index contributed by atoms with van der Waals surface area (Å²) in [6, 6.07) is 18.8. The van der Waals surface area contributed by atoms with Crippen LogP contribution in [-0.4, -0.2) is 5.11 Å². The maximum atomic E-state index is 9.57. The zero-order valence-corrected chi connectivity index (χ0v) is 11.9. The number of aromatic hydroxyl groups is 1. The summed E-state index contributed by atoms with van der Waals surface area (Å²) in [4.78, 5) is 0. The molecule has 2 aromatic rings. The zero-order valence-electron chi connectivity index (χ0n) is 11.9. The molecule has 0 radical (unpaired) electrons. The van der Waals surface area contributed by atoms with Gasteiger partial charge in [-0.05, 0) is 36.1 Å². The van der Waals surface area contributed by atoms with Crippen LogP contribution < -0.4 is 0 Å². The van der Waals surface area contributed by atoms with Crippen LogP contribution in [-0.2, 0) is 5.41 Å². The van der Waals surface area contributed by atoms with Crippen molar-refractivity contribution in [1.82, 2.24) is 0 Å². The molecule has 1 fully saturated rings. The van der Waals surface area contributed by atoms with Crippen LogP contribution in [0.4, 0.5) is 0 Å². The number of phenolic OH excluding ortho intramolecular Hbond substituents is 1. The van der Waals surface area contributed by atoms with Crippen molar-refractivity contribution in [2.75, 3.05) is 0 Å². The highest BCUT2D eigenvalue weighted by atomic mass is 16.3. The highest BCUT2D eigenvalue weighted by Crippen LogP contribution is 2.44. The van der Waals surface area contributed by atoms with Crippen LogP contribution in [0, 0.1) is 0 Å². The largest absolute Gasteiger partial charge is 0.508 e. The molecule has 0 atom stereocenters. The van der Waals surface area contributed by atoms with E-state index in [0.29, 0.717) is 5.75 Å². The average molecular weight is 266 g/mol. The van der Waals surface area contributed by atoms with Crippen LogP contribution in [0.25, 0.3) is 0 Å². The second kappa shape index (κ2) is 5.70. The third-order valence-electron chi connectivity index (χ3n) is 4.70. The lowest BCUT2D eigenvalue weighted by Crippen LogP contribution is -2.27. The molecule has 0 aliphatic heterocycles. The third-order valence-corrected chi connectivity index (χ3v) is 4.70. The fourth-order valence-corrected chi connectivity index (χ4v) is 3.61. The van der Waals surface area contributed by atoms with Crippen LogP contribution in [0.3, 0.4) is 0 Å². The summed E-state index contributed by atoms with van der Waals surface area (Å²) in [6.45, 7) is 0. The van der Waals surface area contributed by atoms with Crippen molar-refractivity contribution in [3.05, 3.63) is 65.7 Å². The maximum absolute atomic E-state index is 9.57. The second-order valence-corrected chi connectivity index (χ2v) is 5.91. The summed E-state index contributed by atoms with van der Waals surface area (Å²) in [6.07, 6.45) is 7.68. The van der Waals surface area contributed by atoms with Crippen LogP contribution in [0.5, 0.6) is 5.75 Å². The quantitative estimate of drug-likeness (QED) is 0.756. The lowest BCUT2D eigenvalue weighted by Gasteiger charge is -2.34. The van der Waals surface area contributed by atoms with E-state index >= 15 is 0 Å². The molecule has 0 amide bonds. The highest BCUT2D eigenvalue weighted by molar-refractivity contribution is 5.41. The first-order chi connectivity index (χ1) is 9.81. The summed E-state index contributed by atoms with van der Waals surface area (Å²) in [5.41, 5.74) is 2.90. The highest BCUT2D eigenvalue weighted by Gasteiger charge is 2.34. The summed E-state index contributed by atoms with van der Waals surface area (Å²) < 4.78 is 0. The van der Waals surface area contributed by atoms with Crippen molar-refractivity contribution in [2.24, 2.45) is 0 Å². The molecule has 1 nitrogen and oxygen atoms in total. The summed E-state index contributed by atoms with van der Waals surface area (Å²) >= 11 is 0. The number of phenols is 1. The predicted octanol–water partition coefficient (Wildman–Crippen LogP) is 5.03. The Hall–Kier alpha value is -1.76. The summed E-state index contributed by atoms with van der Waals surface area (Å²) in [7, 11) is 0. The minimum Gasteiger partial charge on any atom is -0.508 e. The van der Waals surface area contributed by atoms with Crippen LogP contribution in [0.15, 0.2) is 54.6 Å². The first kappa shape index (κ1) is 13.2. The lowest BCUT2D eigenvalue weighted by atomic mass is 9.69. The van der Waals surface area contributed by atoms with Gasteiger partial charge in [-0.25, -0.2) is 0 Å². The van der Waals surface area contributed by atoms with Gasteiger partial charge < -0.3 is 5.11 Å². The predicted molar refractivity (Wildman–Crippen MR) is 83.0 cm³/mol. The Morgan fingerprint density at radius 1 is 0.650 bits per heavy atom. The van der Waals surface area contributed by atoms with Crippen LogP contribution in [0.2, 0.25) is 0 Å². The minimum atomic E-state index is 0.130. The molecule has 2 aromatic carbocycles. The van der Waals surface area contributed by atoms with Gasteiger partial charge in [0, 0.05) is 5.41 Å². The molecular formula is C19H22O. The molecule has 20 heavy (non-hydrogen) atoms. The Balaban J connectivity index is 2.09. The smallest absolute Gasteiger partial charge is 0.115 e. The number of hydrogen-bond acceptors (Lipinski definition) is 1. The van der Waals surface area contributed by atoms with E-state index in [-0.39, 0.29) is 5.41 Å². The van der Waals surface area contributed by atoms with Gasteiger partial charge in [0.05, 0.1) is 0 Å². The first-order valence-corrected chi connectivity index (χ1v) is 7.66. The van der Waals surface area contributed by atoms with Crippen LogP contribution >= 0.6 is 0 Å². The SMILES string of the molecule is Oc1ccc(C2(c3ccccc3)CCCCCC2)cc1. The molecule has 1 aliphatic rings. The topological polar surface area (TPSA) is 20.2 Å². The van der Waals surface area contributed by atoms with Gasteiger partial charge in [0.2, 0.25) is 0 Å². The molecule has 0 unspecified atom stereocenters. The van der Waals surface area contributed by atoms with E-state index < -0.39 is 0 Å². The van der Waals surface area contributed by atoms with Gasteiger partial charge >= 0.3 is 0 Å². The molecule has 0 saturated heterocycles. The van der Waals surface area contributed by atoms with Gasteiger partial charge in [-0.1, -0.05) is 68.1 Å². The molecule has 1 saturated carbocycles. The van der Waals surface area contributed by atoms with Crippen molar-refractivity contribution < 1.29 is 5.11 Å². The molecule has 3 rings (SSSR count). The van der Waals surface area contributed by atoms with Gasteiger partial charge in [0.25, 0.3) is 0 Å². The fourth-order valence-electron chi connectivity index (χ4n) is 3.61. The van der Waals surface area contributed by atoms with Gasteiger partial charge in [0.15, 0.2) is 0 Å². The molecule has 0 bridgehead atoms. The molecule has 0 aromatic heterocycles. The van der Waals surface area contributed by atoms with E-state index in [4.69, 9.17) is 0 Å². The molecule has 1 heteroatoms. The number of rotatable bonds is 2. The summed E-state index contributed by atoms with van der Waals surface area (Å²) in [5, 5.41) is 9.57. The normalized spacial score (nSPS) is 18.4. The molecule has 1 N–H and O–H groups in total. The molecule has 0 spiro atoms. The minimum absolute atomic E-state index is 0.130. The van der Waals surface area contributed by atoms with Gasteiger partial charge in [-0.3, -0.25) is 0 Å². The van der Waals surface area contributed by atoms with Crippen LogP contribution in [0.1, 0.15) is 49.7 Å². The Bertz CT molecular complexity index is 534. The van der Waals surface area contributed by atoms with Gasteiger partial charge in [0.1, 0.15) is 5.75 Å². The first-order valence-electron chi connectivity index (χ1n) is 7.66. The van der Waals surface area contributed by atoms with E-state index in [9.17, 15) is 5.11 Å². The molecule has 1 aliphatic carbocycles. The summed E-state index contributed by atoms with van der Waals surface area (Å²) in [5.74, 6) is 0.352. The third kappa shape index (κ3) is 2.45. The fraction of sp³-hybridized carbons (Fsp3) is 0.368. The van der Waals surface area contributed by atoms with Crippen molar-refractivity contribution in [2.45, 2.75) is 43.9 Å². The zero-order chi connectivity index (χ0) is 13.8. The van der Waals surface area contributed by atoms with Crippen molar-refractivity contribution >= 4 is 0 Å². The Morgan fingerprint density at radius 2 is 1.20 bits per heavy atom. The van der Waals surface area contributed by atoms with E-state index in [1.54, 1.807) is 0 Å². The Labute approximate surface area is 121 Å². The van der Waals surface area contributed by atoms with Gasteiger partial charge in [-0.15, -0.1) is 0 Å². The molecule has 104 valence electrons. The standard InChI is InChI=1S/C19H22O/c20-18-12-10-17(11-13-18)19(14-6-1-2-7-15-19)16-8-4-3-5-9-16/h3-5,8-13,20H,1-2,6-7,14-15H2. The Kier molecular flexibility index (Phi) is 3.77. The monoisotopic (exact) mass is 266 g/mol. The van der Waals surface area contributed by atoms with Gasteiger partial charge in [-0.2, -0.15) is 0 Å². The average Bonchev–Trinajstić information content (AvgIpc) is 2.76. The van der Waals surface area contributed by atoms with E-state index in [0.717, 1.165) is 0 Å².